The number of esters is 1. The number of carbonyl (C=O) groups excluding carboxylic acids is 1. The first-order chi connectivity index (χ1) is 9.60. The fraction of sp³-hybridized carbons (Fsp3) is 0.133. The Hall–Kier alpha value is -1.71. The Morgan fingerprint density at radius 2 is 1.75 bits per heavy atom. The van der Waals surface area contributed by atoms with Crippen molar-refractivity contribution in [2.75, 3.05) is 7.11 Å². The van der Waals surface area contributed by atoms with Crippen LogP contribution in [0.25, 0.3) is 0 Å². The maximum absolute atomic E-state index is 11.3. The molecule has 20 heavy (non-hydrogen) atoms. The van der Waals surface area contributed by atoms with Gasteiger partial charge in [-0.15, -0.1) is 0 Å². The van der Waals surface area contributed by atoms with Crippen molar-refractivity contribution in [1.29, 1.82) is 0 Å². The molecular formula is C15H12Cl2O3. The second-order valence-corrected chi connectivity index (χ2v) is 4.87. The summed E-state index contributed by atoms with van der Waals surface area (Å²) >= 11 is 11.8. The Morgan fingerprint density at radius 1 is 1.05 bits per heavy atom. The standard InChI is InChI=1S/C15H12Cl2O3/c1-19-15(18)11-3-5-12(6-4-11)20-9-10-2-7-13(16)14(17)8-10/h2-8H,9H2,1H3. The summed E-state index contributed by atoms with van der Waals surface area (Å²) < 4.78 is 10.2. The van der Waals surface area contributed by atoms with Crippen LogP contribution in [0.15, 0.2) is 42.5 Å². The van der Waals surface area contributed by atoms with Gasteiger partial charge in [-0.05, 0) is 42.0 Å². The molecule has 0 fully saturated rings. The number of rotatable bonds is 4. The lowest BCUT2D eigenvalue weighted by molar-refractivity contribution is 0.0600. The van der Waals surface area contributed by atoms with Crippen LogP contribution in [-0.4, -0.2) is 13.1 Å². The molecule has 0 atom stereocenters. The van der Waals surface area contributed by atoms with E-state index in [0.29, 0.717) is 28.0 Å². The average Bonchev–Trinajstić information content (AvgIpc) is 2.48. The molecule has 0 aliphatic carbocycles. The fourth-order valence-corrected chi connectivity index (χ4v) is 1.92. The van der Waals surface area contributed by atoms with E-state index < -0.39 is 0 Å². The van der Waals surface area contributed by atoms with Gasteiger partial charge in [0.05, 0.1) is 22.7 Å². The molecule has 0 bridgehead atoms. The van der Waals surface area contributed by atoms with Crippen LogP contribution in [0.5, 0.6) is 5.75 Å². The molecule has 2 rings (SSSR count). The van der Waals surface area contributed by atoms with Gasteiger partial charge in [-0.2, -0.15) is 0 Å². The van der Waals surface area contributed by atoms with E-state index in [1.165, 1.54) is 7.11 Å². The highest BCUT2D eigenvalue weighted by Crippen LogP contribution is 2.23. The number of hydrogen-bond donors (Lipinski definition) is 0. The van der Waals surface area contributed by atoms with Crippen LogP contribution in [0.1, 0.15) is 15.9 Å². The number of halogens is 2. The lowest BCUT2D eigenvalue weighted by Gasteiger charge is -2.07. The summed E-state index contributed by atoms with van der Waals surface area (Å²) in [5, 5.41) is 1.01. The van der Waals surface area contributed by atoms with E-state index in [1.807, 2.05) is 6.07 Å². The predicted molar refractivity (Wildman–Crippen MR) is 78.6 cm³/mol. The van der Waals surface area contributed by atoms with Crippen molar-refractivity contribution in [3.8, 4) is 5.75 Å². The molecule has 0 amide bonds. The summed E-state index contributed by atoms with van der Waals surface area (Å²) in [6.45, 7) is 0.370. The Kier molecular flexibility index (Phi) is 4.88. The summed E-state index contributed by atoms with van der Waals surface area (Å²) in [5.74, 6) is 0.282. The molecule has 3 nitrogen and oxygen atoms in total. The van der Waals surface area contributed by atoms with Crippen LogP contribution >= 0.6 is 23.2 Å². The van der Waals surface area contributed by atoms with Gasteiger partial charge in [0.2, 0.25) is 0 Å². The minimum atomic E-state index is -0.374. The highest BCUT2D eigenvalue weighted by atomic mass is 35.5. The molecule has 0 saturated carbocycles. The van der Waals surface area contributed by atoms with E-state index >= 15 is 0 Å². The molecule has 104 valence electrons. The normalized spacial score (nSPS) is 10.2. The van der Waals surface area contributed by atoms with E-state index in [0.717, 1.165) is 5.56 Å². The van der Waals surface area contributed by atoms with Crippen molar-refractivity contribution >= 4 is 29.2 Å². The summed E-state index contributed by atoms with van der Waals surface area (Å²) in [7, 11) is 1.34. The molecule has 0 aliphatic rings. The zero-order chi connectivity index (χ0) is 14.5. The molecule has 0 unspecified atom stereocenters. The number of methoxy groups -OCH3 is 1. The maximum Gasteiger partial charge on any atom is 0.337 e. The molecule has 0 aromatic heterocycles. The van der Waals surface area contributed by atoms with E-state index in [4.69, 9.17) is 27.9 Å². The van der Waals surface area contributed by atoms with Gasteiger partial charge in [-0.3, -0.25) is 0 Å². The van der Waals surface area contributed by atoms with Gasteiger partial charge in [0.25, 0.3) is 0 Å². The molecule has 2 aromatic rings. The third-order valence-electron chi connectivity index (χ3n) is 2.66. The SMILES string of the molecule is COC(=O)c1ccc(OCc2ccc(Cl)c(Cl)c2)cc1. The second kappa shape index (κ2) is 6.64. The van der Waals surface area contributed by atoms with Crippen molar-refractivity contribution in [3.63, 3.8) is 0 Å². The van der Waals surface area contributed by atoms with Crippen LogP contribution in [0.2, 0.25) is 10.0 Å². The monoisotopic (exact) mass is 310 g/mol. The third kappa shape index (κ3) is 3.65. The minimum Gasteiger partial charge on any atom is -0.489 e. The Morgan fingerprint density at radius 3 is 2.35 bits per heavy atom. The Balaban J connectivity index is 2.00. The maximum atomic E-state index is 11.3. The van der Waals surface area contributed by atoms with Gasteiger partial charge in [0.15, 0.2) is 0 Å². The summed E-state index contributed by atoms with van der Waals surface area (Å²) in [6, 6.07) is 12.0. The molecule has 0 spiro atoms. The van der Waals surface area contributed by atoms with E-state index in [-0.39, 0.29) is 5.97 Å². The molecule has 0 aliphatic heterocycles. The third-order valence-corrected chi connectivity index (χ3v) is 3.40. The first-order valence-corrected chi connectivity index (χ1v) is 6.61. The molecule has 5 heteroatoms. The van der Waals surface area contributed by atoms with Gasteiger partial charge in [0, 0.05) is 0 Å². The van der Waals surface area contributed by atoms with Crippen molar-refractivity contribution in [1.82, 2.24) is 0 Å². The lowest BCUT2D eigenvalue weighted by atomic mass is 10.2. The van der Waals surface area contributed by atoms with E-state index in [9.17, 15) is 4.79 Å². The van der Waals surface area contributed by atoms with Crippen molar-refractivity contribution in [2.24, 2.45) is 0 Å². The first kappa shape index (κ1) is 14.7. The lowest BCUT2D eigenvalue weighted by Crippen LogP contribution is -2.01. The highest BCUT2D eigenvalue weighted by molar-refractivity contribution is 6.42. The van der Waals surface area contributed by atoms with Crippen LogP contribution < -0.4 is 4.74 Å². The quantitative estimate of drug-likeness (QED) is 0.787. The zero-order valence-electron chi connectivity index (χ0n) is 10.7. The summed E-state index contributed by atoms with van der Waals surface area (Å²) in [6.07, 6.45) is 0. The van der Waals surface area contributed by atoms with Gasteiger partial charge in [0.1, 0.15) is 12.4 Å². The van der Waals surface area contributed by atoms with Crippen LogP contribution in [0.3, 0.4) is 0 Å². The molecule has 0 heterocycles. The topological polar surface area (TPSA) is 35.5 Å². The van der Waals surface area contributed by atoms with Crippen molar-refractivity contribution in [3.05, 3.63) is 63.6 Å². The van der Waals surface area contributed by atoms with Gasteiger partial charge in [-0.25, -0.2) is 4.79 Å². The fourth-order valence-electron chi connectivity index (χ4n) is 1.60. The number of hydrogen-bond acceptors (Lipinski definition) is 3. The van der Waals surface area contributed by atoms with Crippen LogP contribution in [0.4, 0.5) is 0 Å². The molecular weight excluding hydrogens is 299 g/mol. The van der Waals surface area contributed by atoms with Crippen molar-refractivity contribution in [2.45, 2.75) is 6.61 Å². The molecule has 2 aromatic carbocycles. The van der Waals surface area contributed by atoms with Crippen LogP contribution in [0, 0.1) is 0 Å². The zero-order valence-corrected chi connectivity index (χ0v) is 12.2. The molecule has 0 saturated heterocycles. The van der Waals surface area contributed by atoms with Crippen LogP contribution in [-0.2, 0) is 11.3 Å². The minimum absolute atomic E-state index is 0.370. The van der Waals surface area contributed by atoms with E-state index in [2.05, 4.69) is 4.74 Å². The van der Waals surface area contributed by atoms with Gasteiger partial charge >= 0.3 is 5.97 Å². The Bertz CT molecular complexity index is 609. The smallest absolute Gasteiger partial charge is 0.337 e. The molecule has 0 radical (unpaired) electrons. The summed E-state index contributed by atoms with van der Waals surface area (Å²) in [5.41, 5.74) is 1.39. The first-order valence-electron chi connectivity index (χ1n) is 5.85. The van der Waals surface area contributed by atoms with Crippen molar-refractivity contribution < 1.29 is 14.3 Å². The highest BCUT2D eigenvalue weighted by Gasteiger charge is 2.05. The number of benzene rings is 2. The van der Waals surface area contributed by atoms with Gasteiger partial charge < -0.3 is 9.47 Å². The van der Waals surface area contributed by atoms with E-state index in [1.54, 1.807) is 36.4 Å². The van der Waals surface area contributed by atoms with Gasteiger partial charge in [-0.1, -0.05) is 29.3 Å². The number of carbonyl (C=O) groups is 1. The predicted octanol–water partition coefficient (Wildman–Crippen LogP) is 4.36. The molecule has 0 N–H and O–H groups in total. The largest absolute Gasteiger partial charge is 0.489 e. The second-order valence-electron chi connectivity index (χ2n) is 4.05. The average molecular weight is 311 g/mol. The Labute approximate surface area is 127 Å². The summed E-state index contributed by atoms with van der Waals surface area (Å²) in [4.78, 5) is 11.3. The number of ether oxygens (including phenoxy) is 2.